The summed E-state index contributed by atoms with van der Waals surface area (Å²) >= 11 is 0. The van der Waals surface area contributed by atoms with Gasteiger partial charge in [0, 0.05) is 12.1 Å². The van der Waals surface area contributed by atoms with Gasteiger partial charge in [0.15, 0.2) is 0 Å². The topological polar surface area (TPSA) is 55.1 Å². The van der Waals surface area contributed by atoms with Gasteiger partial charge in [-0.3, -0.25) is 4.79 Å². The van der Waals surface area contributed by atoms with Crippen LogP contribution in [0.4, 0.5) is 0 Å². The molecule has 0 fully saturated rings. The van der Waals surface area contributed by atoms with E-state index in [2.05, 4.69) is 19.2 Å². The molecule has 0 bridgehead atoms. The number of hydrogen-bond acceptors (Lipinski definition) is 2. The first-order valence-corrected chi connectivity index (χ1v) is 6.62. The molecule has 3 nitrogen and oxygen atoms in total. The highest BCUT2D eigenvalue weighted by Crippen LogP contribution is 2.23. The molecule has 3 N–H and O–H groups in total. The smallest absolute Gasteiger partial charge is 0.251 e. The number of rotatable bonds is 6. The lowest BCUT2D eigenvalue weighted by molar-refractivity contribution is 0.0928. The van der Waals surface area contributed by atoms with Gasteiger partial charge in [-0.05, 0) is 43.9 Å². The quantitative estimate of drug-likeness (QED) is 0.812. The van der Waals surface area contributed by atoms with Gasteiger partial charge in [0.2, 0.25) is 0 Å². The van der Waals surface area contributed by atoms with E-state index in [1.165, 1.54) is 0 Å². The van der Waals surface area contributed by atoms with Gasteiger partial charge in [-0.1, -0.05) is 31.5 Å². The average molecular weight is 248 g/mol. The summed E-state index contributed by atoms with van der Waals surface area (Å²) in [5.74, 6) is -0.0188. The number of nitrogens with two attached hydrogens (primary N) is 1. The Labute approximate surface area is 110 Å². The van der Waals surface area contributed by atoms with Crippen LogP contribution in [0.25, 0.3) is 0 Å². The van der Waals surface area contributed by atoms with Crippen LogP contribution in [0.1, 0.15) is 42.6 Å². The first-order chi connectivity index (χ1) is 8.56. The molecule has 0 aromatic heterocycles. The van der Waals surface area contributed by atoms with Crippen LogP contribution in [0.3, 0.4) is 0 Å². The summed E-state index contributed by atoms with van der Waals surface area (Å²) in [6, 6.07) is 7.61. The van der Waals surface area contributed by atoms with Crippen LogP contribution in [0.15, 0.2) is 24.3 Å². The monoisotopic (exact) mass is 248 g/mol. The van der Waals surface area contributed by atoms with Gasteiger partial charge >= 0.3 is 0 Å². The molecule has 0 spiro atoms. The third-order valence-corrected chi connectivity index (χ3v) is 3.87. The maximum atomic E-state index is 12.0. The van der Waals surface area contributed by atoms with Crippen molar-refractivity contribution < 1.29 is 4.79 Å². The number of amides is 1. The Morgan fingerprint density at radius 3 is 2.22 bits per heavy atom. The summed E-state index contributed by atoms with van der Waals surface area (Å²) in [6.07, 6.45) is 1.96. The fraction of sp³-hybridized carbons (Fsp3) is 0.533. The zero-order chi connectivity index (χ0) is 13.6. The molecule has 0 aliphatic rings. The van der Waals surface area contributed by atoms with Crippen molar-refractivity contribution in [3.8, 4) is 0 Å². The van der Waals surface area contributed by atoms with Gasteiger partial charge in [0.25, 0.3) is 5.91 Å². The van der Waals surface area contributed by atoms with Crippen molar-refractivity contribution in [1.82, 2.24) is 5.32 Å². The van der Waals surface area contributed by atoms with Gasteiger partial charge < -0.3 is 11.1 Å². The summed E-state index contributed by atoms with van der Waals surface area (Å²) in [5.41, 5.74) is 7.71. The Morgan fingerprint density at radius 2 is 1.78 bits per heavy atom. The van der Waals surface area contributed by atoms with E-state index in [0.717, 1.165) is 18.4 Å². The summed E-state index contributed by atoms with van der Waals surface area (Å²) < 4.78 is 0. The van der Waals surface area contributed by atoms with E-state index >= 15 is 0 Å². The molecule has 1 aromatic carbocycles. The van der Waals surface area contributed by atoms with Crippen molar-refractivity contribution in [3.05, 3.63) is 35.4 Å². The summed E-state index contributed by atoms with van der Waals surface area (Å²) in [5, 5.41) is 2.99. The molecule has 1 amide bonds. The second-order valence-corrected chi connectivity index (χ2v) is 4.96. The standard InChI is InChI=1S/C15H24N2O/c1-4-15(5-2,10-16)11-17-14(18)13-8-6-12(3)7-9-13/h6-9H,4-5,10-11,16H2,1-3H3,(H,17,18). The molecule has 3 heteroatoms. The molecule has 18 heavy (non-hydrogen) atoms. The van der Waals surface area contributed by atoms with Crippen molar-refractivity contribution in [2.45, 2.75) is 33.6 Å². The van der Waals surface area contributed by atoms with Gasteiger partial charge in [0.05, 0.1) is 0 Å². The third-order valence-electron chi connectivity index (χ3n) is 3.87. The maximum absolute atomic E-state index is 12.0. The van der Waals surface area contributed by atoms with Crippen LogP contribution in [0.2, 0.25) is 0 Å². The van der Waals surface area contributed by atoms with Gasteiger partial charge in [0.1, 0.15) is 0 Å². The van der Waals surface area contributed by atoms with E-state index in [9.17, 15) is 4.79 Å². The minimum absolute atomic E-state index is 0.0188. The van der Waals surface area contributed by atoms with E-state index in [-0.39, 0.29) is 11.3 Å². The fourth-order valence-electron chi connectivity index (χ4n) is 1.94. The number of carbonyl (C=O) groups excluding carboxylic acids is 1. The fourth-order valence-corrected chi connectivity index (χ4v) is 1.94. The van der Waals surface area contributed by atoms with Crippen LogP contribution in [0, 0.1) is 12.3 Å². The zero-order valence-corrected chi connectivity index (χ0v) is 11.6. The normalized spacial score (nSPS) is 11.3. The molecule has 0 saturated heterocycles. The SMILES string of the molecule is CCC(CC)(CN)CNC(=O)c1ccc(C)cc1. The first-order valence-electron chi connectivity index (χ1n) is 6.62. The minimum atomic E-state index is -0.0188. The van der Waals surface area contributed by atoms with Crippen molar-refractivity contribution in [3.63, 3.8) is 0 Å². The predicted molar refractivity (Wildman–Crippen MR) is 75.6 cm³/mol. The highest BCUT2D eigenvalue weighted by atomic mass is 16.1. The van der Waals surface area contributed by atoms with Gasteiger partial charge in [-0.25, -0.2) is 0 Å². The zero-order valence-electron chi connectivity index (χ0n) is 11.6. The molecular weight excluding hydrogens is 224 g/mol. The summed E-state index contributed by atoms with van der Waals surface area (Å²) in [4.78, 5) is 12.0. The van der Waals surface area contributed by atoms with Crippen molar-refractivity contribution in [1.29, 1.82) is 0 Å². The third kappa shape index (κ3) is 3.57. The molecule has 0 aliphatic carbocycles. The van der Waals surface area contributed by atoms with E-state index in [1.54, 1.807) is 0 Å². The summed E-state index contributed by atoms with van der Waals surface area (Å²) in [7, 11) is 0. The Kier molecular flexibility index (Phi) is 5.35. The van der Waals surface area contributed by atoms with Crippen LogP contribution in [-0.2, 0) is 0 Å². The number of carbonyl (C=O) groups is 1. The van der Waals surface area contributed by atoms with Gasteiger partial charge in [-0.15, -0.1) is 0 Å². The lowest BCUT2D eigenvalue weighted by Crippen LogP contribution is -2.41. The highest BCUT2D eigenvalue weighted by Gasteiger charge is 2.24. The van der Waals surface area contributed by atoms with Gasteiger partial charge in [-0.2, -0.15) is 0 Å². The molecule has 0 heterocycles. The average Bonchev–Trinajstić information content (AvgIpc) is 2.41. The van der Waals surface area contributed by atoms with Crippen LogP contribution < -0.4 is 11.1 Å². The lowest BCUT2D eigenvalue weighted by Gasteiger charge is -2.30. The first kappa shape index (κ1) is 14.7. The number of hydrogen-bond donors (Lipinski definition) is 2. The van der Waals surface area contributed by atoms with E-state index < -0.39 is 0 Å². The molecule has 0 atom stereocenters. The number of benzene rings is 1. The molecule has 0 aliphatic heterocycles. The molecule has 0 unspecified atom stereocenters. The Bertz CT molecular complexity index is 372. The predicted octanol–water partition coefficient (Wildman–Crippen LogP) is 2.49. The van der Waals surface area contributed by atoms with Crippen molar-refractivity contribution in [2.75, 3.05) is 13.1 Å². The summed E-state index contributed by atoms with van der Waals surface area (Å²) in [6.45, 7) is 7.50. The second-order valence-electron chi connectivity index (χ2n) is 4.96. The van der Waals surface area contributed by atoms with Crippen LogP contribution in [-0.4, -0.2) is 19.0 Å². The van der Waals surface area contributed by atoms with Crippen LogP contribution in [0.5, 0.6) is 0 Å². The van der Waals surface area contributed by atoms with E-state index in [0.29, 0.717) is 18.7 Å². The molecule has 100 valence electrons. The Morgan fingerprint density at radius 1 is 1.22 bits per heavy atom. The second kappa shape index (κ2) is 6.55. The molecule has 0 saturated carbocycles. The Balaban J connectivity index is 2.63. The van der Waals surface area contributed by atoms with Crippen LogP contribution >= 0.6 is 0 Å². The van der Waals surface area contributed by atoms with Crippen molar-refractivity contribution in [2.24, 2.45) is 11.1 Å². The Hall–Kier alpha value is -1.35. The molecule has 1 rings (SSSR count). The number of aryl methyl sites for hydroxylation is 1. The van der Waals surface area contributed by atoms with E-state index in [1.807, 2.05) is 31.2 Å². The molecular formula is C15H24N2O. The molecule has 0 radical (unpaired) electrons. The number of nitrogens with one attached hydrogen (secondary N) is 1. The maximum Gasteiger partial charge on any atom is 0.251 e. The molecule has 1 aromatic rings. The lowest BCUT2D eigenvalue weighted by atomic mass is 9.82. The minimum Gasteiger partial charge on any atom is -0.351 e. The van der Waals surface area contributed by atoms with Crippen molar-refractivity contribution >= 4 is 5.91 Å². The highest BCUT2D eigenvalue weighted by molar-refractivity contribution is 5.94. The largest absolute Gasteiger partial charge is 0.351 e. The van der Waals surface area contributed by atoms with E-state index in [4.69, 9.17) is 5.73 Å².